The quantitative estimate of drug-likeness (QED) is 0.721. The Bertz CT molecular complexity index is 545. The van der Waals surface area contributed by atoms with E-state index >= 15 is 0 Å². The van der Waals surface area contributed by atoms with Gasteiger partial charge in [0.15, 0.2) is 0 Å². The van der Waals surface area contributed by atoms with Crippen LogP contribution in [0, 0.1) is 6.92 Å². The van der Waals surface area contributed by atoms with Gasteiger partial charge in [0, 0.05) is 16.5 Å². The first-order chi connectivity index (χ1) is 9.31. The van der Waals surface area contributed by atoms with Crippen LogP contribution in [0.25, 0.3) is 0 Å². The second-order valence-corrected chi connectivity index (χ2v) is 5.24. The van der Waals surface area contributed by atoms with Crippen molar-refractivity contribution in [2.24, 2.45) is 5.73 Å². The van der Waals surface area contributed by atoms with Gasteiger partial charge in [-0.25, -0.2) is 4.79 Å². The molecule has 0 aliphatic heterocycles. The molecule has 0 aromatic heterocycles. The molecule has 1 atom stereocenters. The smallest absolute Gasteiger partial charge is 0.326 e. The zero-order valence-corrected chi connectivity index (χ0v) is 12.4. The number of carboxylic acid groups (broad SMARTS) is 1. The van der Waals surface area contributed by atoms with Crippen molar-refractivity contribution in [1.29, 1.82) is 0 Å². The Balaban J connectivity index is 2.80. The summed E-state index contributed by atoms with van der Waals surface area (Å²) in [4.78, 5) is 33.8. The molecule has 0 unspecified atom stereocenters. The van der Waals surface area contributed by atoms with Gasteiger partial charge >= 0.3 is 5.97 Å². The Kier molecular flexibility index (Phi) is 5.69. The second kappa shape index (κ2) is 7.04. The molecule has 1 aromatic carbocycles. The molecule has 0 saturated heterocycles. The molecule has 6 nitrogen and oxygen atoms in total. The molecule has 0 fully saturated rings. The van der Waals surface area contributed by atoms with Crippen molar-refractivity contribution in [2.45, 2.75) is 25.8 Å². The lowest BCUT2D eigenvalue weighted by molar-refractivity contribution is -0.139. The number of hydrogen-bond donors (Lipinski definition) is 3. The molecule has 0 heterocycles. The molecule has 108 valence electrons. The molecule has 1 aromatic rings. The van der Waals surface area contributed by atoms with E-state index in [1.807, 2.05) is 0 Å². The van der Waals surface area contributed by atoms with Gasteiger partial charge in [-0.2, -0.15) is 0 Å². The third kappa shape index (κ3) is 4.65. The SMILES string of the molecule is Cc1cc(Br)ccc1C(=O)N[C@@H](CCC(N)=O)C(=O)O. The summed E-state index contributed by atoms with van der Waals surface area (Å²) in [6, 6.07) is 3.91. The number of halogens is 1. The first-order valence-corrected chi connectivity index (χ1v) is 6.68. The number of primary amides is 1. The normalized spacial score (nSPS) is 11.7. The minimum absolute atomic E-state index is 0.0357. The number of aliphatic carboxylic acids is 1. The first kappa shape index (κ1) is 16.2. The summed E-state index contributed by atoms with van der Waals surface area (Å²) in [7, 11) is 0. The van der Waals surface area contributed by atoms with Crippen molar-refractivity contribution >= 4 is 33.7 Å². The van der Waals surface area contributed by atoms with Crippen LogP contribution in [-0.2, 0) is 9.59 Å². The molecule has 7 heteroatoms. The summed E-state index contributed by atoms with van der Waals surface area (Å²) in [5, 5.41) is 11.4. The van der Waals surface area contributed by atoms with E-state index in [9.17, 15) is 14.4 Å². The van der Waals surface area contributed by atoms with Gasteiger partial charge in [0.05, 0.1) is 0 Å². The molecular formula is C13H15BrN2O4. The minimum Gasteiger partial charge on any atom is -0.480 e. The van der Waals surface area contributed by atoms with Gasteiger partial charge in [0.2, 0.25) is 5.91 Å². The number of benzene rings is 1. The maximum absolute atomic E-state index is 12.0. The van der Waals surface area contributed by atoms with Crippen LogP contribution in [0.2, 0.25) is 0 Å². The molecular weight excluding hydrogens is 328 g/mol. The second-order valence-electron chi connectivity index (χ2n) is 4.33. The Labute approximate surface area is 124 Å². The van der Waals surface area contributed by atoms with Crippen LogP contribution in [0.1, 0.15) is 28.8 Å². The third-order valence-electron chi connectivity index (χ3n) is 2.72. The minimum atomic E-state index is -1.20. The zero-order chi connectivity index (χ0) is 15.3. The summed E-state index contributed by atoms with van der Waals surface area (Å²) >= 11 is 3.28. The highest BCUT2D eigenvalue weighted by Gasteiger charge is 2.21. The van der Waals surface area contributed by atoms with E-state index in [4.69, 9.17) is 10.8 Å². The van der Waals surface area contributed by atoms with Crippen LogP contribution in [0.3, 0.4) is 0 Å². The van der Waals surface area contributed by atoms with E-state index in [2.05, 4.69) is 21.2 Å². The number of rotatable bonds is 6. The standard InChI is InChI=1S/C13H15BrN2O4/c1-7-6-8(14)2-3-9(7)12(18)16-10(13(19)20)4-5-11(15)17/h2-3,6,10H,4-5H2,1H3,(H2,15,17)(H,16,18)(H,19,20)/t10-/m0/s1. The fraction of sp³-hybridized carbons (Fsp3) is 0.308. The average molecular weight is 343 g/mol. The fourth-order valence-corrected chi connectivity index (χ4v) is 2.14. The number of hydrogen-bond acceptors (Lipinski definition) is 3. The molecule has 0 aliphatic carbocycles. The van der Waals surface area contributed by atoms with Crippen molar-refractivity contribution < 1.29 is 19.5 Å². The van der Waals surface area contributed by atoms with Gasteiger partial charge in [-0.15, -0.1) is 0 Å². The van der Waals surface area contributed by atoms with Crippen LogP contribution in [0.5, 0.6) is 0 Å². The monoisotopic (exact) mass is 342 g/mol. The van der Waals surface area contributed by atoms with E-state index in [0.717, 1.165) is 10.0 Å². The molecule has 0 radical (unpaired) electrons. The van der Waals surface area contributed by atoms with Gasteiger partial charge in [0.25, 0.3) is 5.91 Å². The predicted octanol–water partition coefficient (Wildman–Crippen LogP) is 1.21. The molecule has 2 amide bonds. The van der Waals surface area contributed by atoms with Crippen LogP contribution in [0.4, 0.5) is 0 Å². The molecule has 4 N–H and O–H groups in total. The molecule has 20 heavy (non-hydrogen) atoms. The lowest BCUT2D eigenvalue weighted by atomic mass is 10.1. The van der Waals surface area contributed by atoms with Crippen molar-refractivity contribution in [1.82, 2.24) is 5.32 Å². The molecule has 0 spiro atoms. The van der Waals surface area contributed by atoms with Gasteiger partial charge < -0.3 is 16.2 Å². The maximum Gasteiger partial charge on any atom is 0.326 e. The Morgan fingerprint density at radius 2 is 2.05 bits per heavy atom. The van der Waals surface area contributed by atoms with Crippen molar-refractivity contribution in [3.63, 3.8) is 0 Å². The van der Waals surface area contributed by atoms with E-state index in [-0.39, 0.29) is 12.8 Å². The van der Waals surface area contributed by atoms with Crippen molar-refractivity contribution in [3.8, 4) is 0 Å². The van der Waals surface area contributed by atoms with Crippen molar-refractivity contribution in [2.75, 3.05) is 0 Å². The Hall–Kier alpha value is -1.89. The van der Waals surface area contributed by atoms with Crippen LogP contribution < -0.4 is 11.1 Å². The third-order valence-corrected chi connectivity index (χ3v) is 3.21. The van der Waals surface area contributed by atoms with Crippen molar-refractivity contribution in [3.05, 3.63) is 33.8 Å². The van der Waals surface area contributed by atoms with E-state index in [0.29, 0.717) is 5.56 Å². The lowest BCUT2D eigenvalue weighted by Crippen LogP contribution is -2.41. The van der Waals surface area contributed by atoms with Crippen LogP contribution >= 0.6 is 15.9 Å². The Morgan fingerprint density at radius 1 is 1.40 bits per heavy atom. The Morgan fingerprint density at radius 3 is 2.55 bits per heavy atom. The molecule has 0 aliphatic rings. The average Bonchev–Trinajstić information content (AvgIpc) is 2.33. The van der Waals surface area contributed by atoms with Gasteiger partial charge in [-0.05, 0) is 37.1 Å². The zero-order valence-electron chi connectivity index (χ0n) is 10.9. The predicted molar refractivity (Wildman–Crippen MR) is 76.2 cm³/mol. The number of carbonyl (C=O) groups is 3. The van der Waals surface area contributed by atoms with Gasteiger partial charge in [-0.1, -0.05) is 15.9 Å². The summed E-state index contributed by atoms with van der Waals surface area (Å²) in [6.45, 7) is 1.75. The summed E-state index contributed by atoms with van der Waals surface area (Å²) < 4.78 is 0.829. The number of nitrogens with one attached hydrogen (secondary N) is 1. The number of nitrogens with two attached hydrogens (primary N) is 1. The largest absolute Gasteiger partial charge is 0.480 e. The van der Waals surface area contributed by atoms with Gasteiger partial charge in [0.1, 0.15) is 6.04 Å². The highest BCUT2D eigenvalue weighted by molar-refractivity contribution is 9.10. The lowest BCUT2D eigenvalue weighted by Gasteiger charge is -2.14. The topological polar surface area (TPSA) is 109 Å². The molecule has 0 bridgehead atoms. The number of amides is 2. The van der Waals surface area contributed by atoms with E-state index in [1.54, 1.807) is 25.1 Å². The summed E-state index contributed by atoms with van der Waals surface area (Å²) in [5.74, 6) is -2.30. The van der Waals surface area contributed by atoms with E-state index in [1.165, 1.54) is 0 Å². The molecule has 1 rings (SSSR count). The molecule has 0 saturated carbocycles. The van der Waals surface area contributed by atoms with Gasteiger partial charge in [-0.3, -0.25) is 9.59 Å². The van der Waals surface area contributed by atoms with Crippen LogP contribution in [-0.4, -0.2) is 28.9 Å². The van der Waals surface area contributed by atoms with Crippen LogP contribution in [0.15, 0.2) is 22.7 Å². The number of carbonyl (C=O) groups excluding carboxylic acids is 2. The highest BCUT2D eigenvalue weighted by Crippen LogP contribution is 2.16. The maximum atomic E-state index is 12.0. The summed E-state index contributed by atoms with van der Waals surface area (Å²) in [5.41, 5.74) is 6.08. The number of aryl methyl sites for hydroxylation is 1. The van der Waals surface area contributed by atoms with E-state index < -0.39 is 23.8 Å². The summed E-state index contributed by atoms with van der Waals surface area (Å²) in [6.07, 6.45) is -0.136. The fourth-order valence-electron chi connectivity index (χ4n) is 1.66. The highest BCUT2D eigenvalue weighted by atomic mass is 79.9. The number of carboxylic acids is 1. The first-order valence-electron chi connectivity index (χ1n) is 5.89.